The molecule has 1 saturated heterocycles. The van der Waals surface area contributed by atoms with Crippen LogP contribution in [-0.2, 0) is 4.79 Å². The molecule has 24 heavy (non-hydrogen) atoms. The van der Waals surface area contributed by atoms with Gasteiger partial charge in [0.25, 0.3) is 0 Å². The van der Waals surface area contributed by atoms with E-state index in [-0.39, 0.29) is 5.92 Å². The first-order valence-electron chi connectivity index (χ1n) is 8.49. The van der Waals surface area contributed by atoms with Gasteiger partial charge in [-0.1, -0.05) is 13.8 Å². The molecule has 1 amide bonds. The average molecular weight is 345 g/mol. The summed E-state index contributed by atoms with van der Waals surface area (Å²) < 4.78 is 0. The zero-order valence-corrected chi connectivity index (χ0v) is 15.0. The number of anilines is 1. The van der Waals surface area contributed by atoms with Gasteiger partial charge in [0.15, 0.2) is 10.8 Å². The summed E-state index contributed by atoms with van der Waals surface area (Å²) in [6.07, 6.45) is 5.37. The van der Waals surface area contributed by atoms with Crippen LogP contribution in [0.1, 0.15) is 26.7 Å². The maximum atomic E-state index is 12.5. The summed E-state index contributed by atoms with van der Waals surface area (Å²) in [5.74, 6) is 2.03. The van der Waals surface area contributed by atoms with Gasteiger partial charge in [0.2, 0.25) is 5.91 Å². The van der Waals surface area contributed by atoms with E-state index in [1.807, 2.05) is 16.3 Å². The van der Waals surface area contributed by atoms with Crippen LogP contribution in [0.4, 0.5) is 5.82 Å². The first kappa shape index (κ1) is 16.8. The van der Waals surface area contributed by atoms with Gasteiger partial charge in [-0.05, 0) is 18.9 Å². The Kier molecular flexibility index (Phi) is 5.40. The molecule has 0 aliphatic carbocycles. The van der Waals surface area contributed by atoms with Gasteiger partial charge in [0.05, 0.1) is 0 Å². The van der Waals surface area contributed by atoms with E-state index >= 15 is 0 Å². The van der Waals surface area contributed by atoms with Crippen molar-refractivity contribution >= 4 is 23.1 Å². The molecule has 0 aromatic carbocycles. The van der Waals surface area contributed by atoms with E-state index in [1.165, 1.54) is 11.3 Å². The van der Waals surface area contributed by atoms with E-state index in [4.69, 9.17) is 0 Å². The highest BCUT2D eigenvalue weighted by Crippen LogP contribution is 2.21. The van der Waals surface area contributed by atoms with E-state index in [1.54, 1.807) is 12.4 Å². The summed E-state index contributed by atoms with van der Waals surface area (Å²) >= 11 is 1.54. The maximum Gasteiger partial charge on any atom is 0.225 e. The molecule has 7 heteroatoms. The highest BCUT2D eigenvalue weighted by atomic mass is 32.1. The van der Waals surface area contributed by atoms with Gasteiger partial charge in [-0.2, -0.15) is 0 Å². The molecule has 0 unspecified atom stereocenters. The lowest BCUT2D eigenvalue weighted by Gasteiger charge is -2.36. The van der Waals surface area contributed by atoms with Crippen LogP contribution < -0.4 is 4.90 Å². The van der Waals surface area contributed by atoms with Gasteiger partial charge >= 0.3 is 0 Å². The fourth-order valence-corrected chi connectivity index (χ4v) is 3.59. The Morgan fingerprint density at radius 3 is 2.54 bits per heavy atom. The quantitative estimate of drug-likeness (QED) is 0.834. The van der Waals surface area contributed by atoms with Gasteiger partial charge in [-0.3, -0.25) is 4.79 Å². The average Bonchev–Trinajstić information content (AvgIpc) is 3.18. The fourth-order valence-electron chi connectivity index (χ4n) is 3.01. The highest BCUT2D eigenvalue weighted by molar-refractivity contribution is 7.13. The Balaban J connectivity index is 1.65. The number of carbonyl (C=O) groups is 1. The fraction of sp³-hybridized carbons (Fsp3) is 0.529. The van der Waals surface area contributed by atoms with Crippen LogP contribution in [0.25, 0.3) is 10.8 Å². The molecule has 1 aliphatic heterocycles. The van der Waals surface area contributed by atoms with E-state index in [0.29, 0.717) is 11.7 Å². The van der Waals surface area contributed by atoms with Crippen molar-refractivity contribution in [1.82, 2.24) is 19.9 Å². The number of carbonyl (C=O) groups excluding carboxylic acids is 1. The minimum atomic E-state index is 0.159. The molecule has 0 atom stereocenters. The molecular weight excluding hydrogens is 322 g/mol. The molecule has 0 saturated carbocycles. The molecule has 0 radical (unpaired) electrons. The molecule has 0 bridgehead atoms. The molecule has 6 nitrogen and oxygen atoms in total. The lowest BCUT2D eigenvalue weighted by molar-refractivity contribution is -0.136. The molecule has 2 aromatic heterocycles. The molecule has 128 valence electrons. The van der Waals surface area contributed by atoms with Crippen LogP contribution in [-0.4, -0.2) is 51.9 Å². The van der Waals surface area contributed by atoms with Crippen LogP contribution >= 0.6 is 11.3 Å². The summed E-state index contributed by atoms with van der Waals surface area (Å²) in [6.45, 7) is 7.30. The van der Waals surface area contributed by atoms with Crippen molar-refractivity contribution in [3.8, 4) is 10.8 Å². The standard InChI is InChI=1S/C17H23N5OS/c1-3-13(4-2)17(23)22-10-8-21(9-11-22)14-5-6-18-15(20-14)16-19-7-12-24-16/h5-7,12-13H,3-4,8-11H2,1-2H3. The largest absolute Gasteiger partial charge is 0.353 e. The third kappa shape index (κ3) is 3.56. The molecule has 3 heterocycles. The van der Waals surface area contributed by atoms with Gasteiger partial charge in [-0.15, -0.1) is 11.3 Å². The third-order valence-electron chi connectivity index (χ3n) is 4.51. The monoisotopic (exact) mass is 345 g/mol. The molecular formula is C17H23N5OS. The smallest absolute Gasteiger partial charge is 0.225 e. The highest BCUT2D eigenvalue weighted by Gasteiger charge is 2.26. The Bertz CT molecular complexity index is 663. The van der Waals surface area contributed by atoms with Gasteiger partial charge < -0.3 is 9.80 Å². The Morgan fingerprint density at radius 1 is 1.17 bits per heavy atom. The summed E-state index contributed by atoms with van der Waals surface area (Å²) in [5.41, 5.74) is 0. The van der Waals surface area contributed by atoms with Crippen molar-refractivity contribution in [2.75, 3.05) is 31.1 Å². The zero-order valence-electron chi connectivity index (χ0n) is 14.2. The maximum absolute atomic E-state index is 12.5. The summed E-state index contributed by atoms with van der Waals surface area (Å²) in [7, 11) is 0. The minimum Gasteiger partial charge on any atom is -0.353 e. The van der Waals surface area contributed by atoms with Crippen LogP contribution in [0.5, 0.6) is 0 Å². The number of hydrogen-bond donors (Lipinski definition) is 0. The van der Waals surface area contributed by atoms with Crippen LogP contribution in [0.3, 0.4) is 0 Å². The number of rotatable bonds is 5. The van der Waals surface area contributed by atoms with Crippen molar-refractivity contribution in [1.29, 1.82) is 0 Å². The first-order chi connectivity index (χ1) is 11.7. The van der Waals surface area contributed by atoms with Crippen LogP contribution in [0, 0.1) is 5.92 Å². The Labute approximate surface area is 146 Å². The van der Waals surface area contributed by atoms with Crippen molar-refractivity contribution in [2.45, 2.75) is 26.7 Å². The summed E-state index contributed by atoms with van der Waals surface area (Å²) in [6, 6.07) is 1.93. The first-order valence-corrected chi connectivity index (χ1v) is 9.37. The van der Waals surface area contributed by atoms with E-state index in [2.05, 4.69) is 33.7 Å². The van der Waals surface area contributed by atoms with E-state index in [9.17, 15) is 4.79 Å². The minimum absolute atomic E-state index is 0.159. The molecule has 2 aromatic rings. The molecule has 0 spiro atoms. The van der Waals surface area contributed by atoms with Crippen LogP contribution in [0.2, 0.25) is 0 Å². The Morgan fingerprint density at radius 2 is 1.92 bits per heavy atom. The molecule has 1 aliphatic rings. The summed E-state index contributed by atoms with van der Waals surface area (Å²) in [4.78, 5) is 29.9. The topological polar surface area (TPSA) is 62.2 Å². The second-order valence-corrected chi connectivity index (χ2v) is 6.80. The number of aromatic nitrogens is 3. The van der Waals surface area contributed by atoms with Crippen molar-refractivity contribution in [2.24, 2.45) is 5.92 Å². The number of amides is 1. The van der Waals surface area contributed by atoms with Crippen molar-refractivity contribution in [3.05, 3.63) is 23.8 Å². The van der Waals surface area contributed by atoms with Gasteiger partial charge in [-0.25, -0.2) is 15.0 Å². The SMILES string of the molecule is CCC(CC)C(=O)N1CCN(c2ccnc(-c3nccs3)n2)CC1. The number of thiazole rings is 1. The second-order valence-electron chi connectivity index (χ2n) is 5.90. The van der Waals surface area contributed by atoms with Gasteiger partial charge in [0.1, 0.15) is 5.82 Å². The van der Waals surface area contributed by atoms with Gasteiger partial charge in [0, 0.05) is 49.9 Å². The van der Waals surface area contributed by atoms with Crippen LogP contribution in [0.15, 0.2) is 23.8 Å². The molecule has 1 fully saturated rings. The summed E-state index contributed by atoms with van der Waals surface area (Å²) in [5, 5.41) is 2.76. The lowest BCUT2D eigenvalue weighted by Crippen LogP contribution is -2.50. The lowest BCUT2D eigenvalue weighted by atomic mass is 10.0. The van der Waals surface area contributed by atoms with E-state index in [0.717, 1.165) is 49.8 Å². The predicted molar refractivity (Wildman–Crippen MR) is 96.0 cm³/mol. The van der Waals surface area contributed by atoms with Crippen molar-refractivity contribution in [3.63, 3.8) is 0 Å². The second kappa shape index (κ2) is 7.70. The van der Waals surface area contributed by atoms with E-state index < -0.39 is 0 Å². The zero-order chi connectivity index (χ0) is 16.9. The number of nitrogens with zero attached hydrogens (tertiary/aromatic N) is 5. The number of hydrogen-bond acceptors (Lipinski definition) is 6. The normalized spacial score (nSPS) is 15.1. The predicted octanol–water partition coefficient (Wildman–Crippen LogP) is 2.68. The molecule has 3 rings (SSSR count). The Hall–Kier alpha value is -2.02. The van der Waals surface area contributed by atoms with Crippen molar-refractivity contribution < 1.29 is 4.79 Å². The molecule has 0 N–H and O–H groups in total. The third-order valence-corrected chi connectivity index (χ3v) is 5.28. The number of piperazine rings is 1.